The number of nitrogens with zero attached hydrogens (tertiary/aromatic N) is 3. The fourth-order valence-corrected chi connectivity index (χ4v) is 1.96. The van der Waals surface area contributed by atoms with E-state index in [1.165, 1.54) is 10.9 Å². The van der Waals surface area contributed by atoms with Crippen molar-refractivity contribution in [2.24, 2.45) is 0 Å². The molecule has 0 fully saturated rings. The fourth-order valence-electron chi connectivity index (χ4n) is 1.57. The van der Waals surface area contributed by atoms with Gasteiger partial charge in [-0.1, -0.05) is 27.2 Å². The number of carbonyl (C=O) groups excluding carboxylic acids is 1. The zero-order chi connectivity index (χ0) is 14.5. The highest BCUT2D eigenvalue weighted by molar-refractivity contribution is 9.10. The predicted octanol–water partition coefficient (Wildman–Crippen LogP) is 1.31. The molecule has 0 spiro atoms. The van der Waals surface area contributed by atoms with E-state index in [4.69, 9.17) is 5.11 Å². The van der Waals surface area contributed by atoms with Crippen LogP contribution in [0.3, 0.4) is 0 Å². The van der Waals surface area contributed by atoms with Gasteiger partial charge in [0, 0.05) is 16.4 Å². The number of amides is 1. The van der Waals surface area contributed by atoms with E-state index in [0.717, 1.165) is 4.47 Å². The molecule has 1 heterocycles. The zero-order valence-corrected chi connectivity index (χ0v) is 11.9. The molecular formula is C12H11BrN4O3. The molecule has 20 heavy (non-hydrogen) atoms. The van der Waals surface area contributed by atoms with Crippen LogP contribution in [-0.2, 0) is 22.6 Å². The van der Waals surface area contributed by atoms with Crippen molar-refractivity contribution in [3.05, 3.63) is 40.6 Å². The van der Waals surface area contributed by atoms with Crippen molar-refractivity contribution in [2.75, 3.05) is 5.32 Å². The second kappa shape index (κ2) is 6.29. The molecule has 0 aliphatic rings. The smallest absolute Gasteiger partial charge is 0.309 e. The molecule has 1 amide bonds. The molecule has 0 atom stereocenters. The standard InChI is InChI=1S/C12H11BrN4O3/c13-8-2-1-3-9(4-8)14-11(18)7-17-6-10(15-16-17)5-12(19)20/h1-4,6H,5,7H2,(H,14,18)(H,19,20). The van der Waals surface area contributed by atoms with Crippen LogP contribution in [0.2, 0.25) is 0 Å². The number of benzene rings is 1. The Hall–Kier alpha value is -2.22. The number of hydrogen-bond acceptors (Lipinski definition) is 4. The quantitative estimate of drug-likeness (QED) is 0.856. The normalized spacial score (nSPS) is 10.2. The number of carboxylic acid groups (broad SMARTS) is 1. The van der Waals surface area contributed by atoms with E-state index in [0.29, 0.717) is 11.4 Å². The molecule has 8 heteroatoms. The topological polar surface area (TPSA) is 97.1 Å². The van der Waals surface area contributed by atoms with E-state index in [-0.39, 0.29) is 18.9 Å². The van der Waals surface area contributed by atoms with Gasteiger partial charge in [-0.15, -0.1) is 5.10 Å². The molecule has 2 N–H and O–H groups in total. The monoisotopic (exact) mass is 338 g/mol. The summed E-state index contributed by atoms with van der Waals surface area (Å²) in [5.41, 5.74) is 0.975. The molecule has 0 saturated heterocycles. The average molecular weight is 339 g/mol. The third kappa shape index (κ3) is 4.16. The van der Waals surface area contributed by atoms with Gasteiger partial charge in [-0.25, -0.2) is 4.68 Å². The summed E-state index contributed by atoms with van der Waals surface area (Å²) >= 11 is 3.31. The number of halogens is 1. The average Bonchev–Trinajstić information content (AvgIpc) is 2.75. The Bertz CT molecular complexity index is 641. The maximum Gasteiger partial charge on any atom is 0.309 e. The molecule has 1 aromatic heterocycles. The predicted molar refractivity (Wildman–Crippen MR) is 74.1 cm³/mol. The highest BCUT2D eigenvalue weighted by Gasteiger charge is 2.09. The molecule has 1 aromatic carbocycles. The van der Waals surface area contributed by atoms with E-state index in [1.807, 2.05) is 6.07 Å². The Kier molecular flexibility index (Phi) is 4.46. The number of rotatable bonds is 5. The van der Waals surface area contributed by atoms with Gasteiger partial charge >= 0.3 is 5.97 Å². The molecular weight excluding hydrogens is 328 g/mol. The van der Waals surface area contributed by atoms with Crippen LogP contribution in [0.25, 0.3) is 0 Å². The summed E-state index contributed by atoms with van der Waals surface area (Å²) in [7, 11) is 0. The van der Waals surface area contributed by atoms with Crippen LogP contribution in [0, 0.1) is 0 Å². The van der Waals surface area contributed by atoms with Crippen LogP contribution in [0.15, 0.2) is 34.9 Å². The van der Waals surface area contributed by atoms with E-state index in [2.05, 4.69) is 31.6 Å². The summed E-state index contributed by atoms with van der Waals surface area (Å²) in [5, 5.41) is 18.7. The summed E-state index contributed by atoms with van der Waals surface area (Å²) in [4.78, 5) is 22.3. The van der Waals surface area contributed by atoms with Crippen molar-refractivity contribution in [3.8, 4) is 0 Å². The van der Waals surface area contributed by atoms with Crippen LogP contribution in [0.4, 0.5) is 5.69 Å². The van der Waals surface area contributed by atoms with Crippen LogP contribution < -0.4 is 5.32 Å². The van der Waals surface area contributed by atoms with Crippen LogP contribution >= 0.6 is 15.9 Å². The van der Waals surface area contributed by atoms with Crippen molar-refractivity contribution < 1.29 is 14.7 Å². The van der Waals surface area contributed by atoms with Gasteiger partial charge in [0.05, 0.1) is 12.1 Å². The maximum absolute atomic E-state index is 11.8. The Labute approximate surface area is 122 Å². The first-order valence-corrected chi connectivity index (χ1v) is 6.48. The van der Waals surface area contributed by atoms with Gasteiger partial charge < -0.3 is 10.4 Å². The lowest BCUT2D eigenvalue weighted by molar-refractivity contribution is -0.136. The lowest BCUT2D eigenvalue weighted by atomic mass is 10.3. The Morgan fingerprint density at radius 3 is 2.90 bits per heavy atom. The second-order valence-electron chi connectivity index (χ2n) is 4.04. The first-order chi connectivity index (χ1) is 9.52. The number of nitrogens with one attached hydrogen (secondary N) is 1. The summed E-state index contributed by atoms with van der Waals surface area (Å²) < 4.78 is 2.16. The second-order valence-corrected chi connectivity index (χ2v) is 4.95. The van der Waals surface area contributed by atoms with Gasteiger partial charge in [-0.3, -0.25) is 9.59 Å². The number of hydrogen-bond donors (Lipinski definition) is 2. The Morgan fingerprint density at radius 1 is 1.40 bits per heavy atom. The number of carboxylic acids is 1. The Morgan fingerprint density at radius 2 is 2.20 bits per heavy atom. The molecule has 2 rings (SSSR count). The third-order valence-corrected chi connectivity index (χ3v) is 2.83. The van der Waals surface area contributed by atoms with Gasteiger partial charge in [0.15, 0.2) is 0 Å². The summed E-state index contributed by atoms with van der Waals surface area (Å²) in [6.07, 6.45) is 1.22. The van der Waals surface area contributed by atoms with E-state index in [1.54, 1.807) is 18.2 Å². The molecule has 2 aromatic rings. The SMILES string of the molecule is O=C(O)Cc1cn(CC(=O)Nc2cccc(Br)c2)nn1. The first-order valence-electron chi connectivity index (χ1n) is 5.69. The number of aliphatic carboxylic acids is 1. The Balaban J connectivity index is 1.94. The van der Waals surface area contributed by atoms with E-state index >= 15 is 0 Å². The molecule has 0 bridgehead atoms. The molecule has 104 valence electrons. The van der Waals surface area contributed by atoms with Crippen molar-refractivity contribution in [1.29, 1.82) is 0 Å². The lowest BCUT2D eigenvalue weighted by Gasteiger charge is -2.05. The molecule has 0 aliphatic carbocycles. The zero-order valence-electron chi connectivity index (χ0n) is 10.3. The number of anilines is 1. The van der Waals surface area contributed by atoms with E-state index < -0.39 is 5.97 Å². The maximum atomic E-state index is 11.8. The molecule has 0 radical (unpaired) electrons. The largest absolute Gasteiger partial charge is 0.481 e. The minimum Gasteiger partial charge on any atom is -0.481 e. The van der Waals surface area contributed by atoms with Gasteiger partial charge in [0.1, 0.15) is 6.54 Å². The molecule has 0 aliphatic heterocycles. The van der Waals surface area contributed by atoms with Crippen LogP contribution in [0.5, 0.6) is 0 Å². The third-order valence-electron chi connectivity index (χ3n) is 2.33. The highest BCUT2D eigenvalue weighted by Crippen LogP contribution is 2.15. The number of carbonyl (C=O) groups is 2. The van der Waals surface area contributed by atoms with Crippen LogP contribution in [0.1, 0.15) is 5.69 Å². The minimum absolute atomic E-state index is 0.0286. The molecule has 0 saturated carbocycles. The van der Waals surface area contributed by atoms with Gasteiger partial charge in [-0.05, 0) is 18.2 Å². The highest BCUT2D eigenvalue weighted by atomic mass is 79.9. The number of aromatic nitrogens is 3. The van der Waals surface area contributed by atoms with Crippen molar-refractivity contribution in [1.82, 2.24) is 15.0 Å². The van der Waals surface area contributed by atoms with Gasteiger partial charge in [0.2, 0.25) is 5.91 Å². The minimum atomic E-state index is -0.990. The first kappa shape index (κ1) is 14.2. The van der Waals surface area contributed by atoms with Crippen molar-refractivity contribution in [2.45, 2.75) is 13.0 Å². The van der Waals surface area contributed by atoms with Crippen molar-refractivity contribution >= 4 is 33.5 Å². The van der Waals surface area contributed by atoms with Gasteiger partial charge in [-0.2, -0.15) is 0 Å². The summed E-state index contributed by atoms with van der Waals surface area (Å²) in [6, 6.07) is 7.19. The van der Waals surface area contributed by atoms with E-state index in [9.17, 15) is 9.59 Å². The summed E-state index contributed by atoms with van der Waals surface area (Å²) in [5.74, 6) is -1.26. The summed E-state index contributed by atoms with van der Waals surface area (Å²) in [6.45, 7) is -0.0286. The molecule has 7 nitrogen and oxygen atoms in total. The van der Waals surface area contributed by atoms with Gasteiger partial charge in [0.25, 0.3) is 0 Å². The van der Waals surface area contributed by atoms with Crippen molar-refractivity contribution in [3.63, 3.8) is 0 Å². The lowest BCUT2D eigenvalue weighted by Crippen LogP contribution is -2.19. The van der Waals surface area contributed by atoms with Crippen LogP contribution in [-0.4, -0.2) is 32.0 Å². The fraction of sp³-hybridized carbons (Fsp3) is 0.167. The molecule has 0 unspecified atom stereocenters.